The Morgan fingerprint density at radius 3 is 2.58 bits per heavy atom. The van der Waals surface area contributed by atoms with E-state index in [0.717, 1.165) is 37.2 Å². The Balaban J connectivity index is 1.49. The molecule has 0 atom stereocenters. The van der Waals surface area contributed by atoms with Crippen LogP contribution in [0, 0.1) is 0 Å². The second kappa shape index (κ2) is 11.3. The topological polar surface area (TPSA) is 135 Å². The van der Waals surface area contributed by atoms with E-state index in [1.807, 2.05) is 0 Å². The normalized spacial score (nSPS) is 14.1. The predicted molar refractivity (Wildman–Crippen MR) is 123 cm³/mol. The van der Waals surface area contributed by atoms with Crippen LogP contribution in [-0.4, -0.2) is 68.5 Å². The SMILES string of the molecule is CS(=O)(=O)c1csc(NC(=O)c2ccccc2OC(=O)CCC(=O)NCCN2CCCC2)n1. The predicted octanol–water partition coefficient (Wildman–Crippen LogP) is 1.70. The third-order valence-electron chi connectivity index (χ3n) is 4.94. The van der Waals surface area contributed by atoms with Crippen LogP contribution in [0.2, 0.25) is 0 Å². The number of likely N-dealkylation sites (tertiary alicyclic amines) is 1. The zero-order valence-electron chi connectivity index (χ0n) is 18.2. The summed E-state index contributed by atoms with van der Waals surface area (Å²) in [5.74, 6) is -1.44. The minimum atomic E-state index is -3.49. The number of sulfone groups is 1. The molecule has 1 saturated heterocycles. The summed E-state index contributed by atoms with van der Waals surface area (Å²) < 4.78 is 28.4. The summed E-state index contributed by atoms with van der Waals surface area (Å²) in [6.45, 7) is 3.44. The van der Waals surface area contributed by atoms with E-state index >= 15 is 0 Å². The zero-order valence-corrected chi connectivity index (χ0v) is 19.8. The molecular weight excluding hydrogens is 468 g/mol. The van der Waals surface area contributed by atoms with Gasteiger partial charge >= 0.3 is 5.97 Å². The second-order valence-corrected chi connectivity index (χ2v) is 10.4. The van der Waals surface area contributed by atoms with Crippen LogP contribution in [0.25, 0.3) is 0 Å². The van der Waals surface area contributed by atoms with E-state index in [1.54, 1.807) is 12.1 Å². The maximum absolute atomic E-state index is 12.6. The van der Waals surface area contributed by atoms with E-state index < -0.39 is 21.7 Å². The average Bonchev–Trinajstić information content (AvgIpc) is 3.45. The standard InChI is InChI=1S/C21H26N4O6S2/c1-33(29,30)18-14-32-21(23-18)24-20(28)15-6-2-3-7-16(15)31-19(27)9-8-17(26)22-10-13-25-11-4-5-12-25/h2-3,6-7,14H,4-5,8-13H2,1H3,(H,22,26)(H,23,24,28). The van der Waals surface area contributed by atoms with Gasteiger partial charge in [0.15, 0.2) is 20.0 Å². The van der Waals surface area contributed by atoms with Crippen molar-refractivity contribution in [2.45, 2.75) is 30.7 Å². The summed E-state index contributed by atoms with van der Waals surface area (Å²) >= 11 is 0.967. The number of benzene rings is 1. The lowest BCUT2D eigenvalue weighted by molar-refractivity contribution is -0.136. The van der Waals surface area contributed by atoms with Gasteiger partial charge in [-0.3, -0.25) is 19.7 Å². The maximum Gasteiger partial charge on any atom is 0.311 e. The molecule has 0 saturated carbocycles. The molecule has 178 valence electrons. The van der Waals surface area contributed by atoms with E-state index in [0.29, 0.717) is 6.54 Å². The smallest absolute Gasteiger partial charge is 0.311 e. The van der Waals surface area contributed by atoms with Crippen LogP contribution in [0.1, 0.15) is 36.0 Å². The van der Waals surface area contributed by atoms with E-state index in [9.17, 15) is 22.8 Å². The van der Waals surface area contributed by atoms with Crippen LogP contribution >= 0.6 is 11.3 Å². The molecule has 0 spiro atoms. The first kappa shape index (κ1) is 24.8. The van der Waals surface area contributed by atoms with Crippen molar-refractivity contribution in [1.82, 2.24) is 15.2 Å². The molecule has 2 amide bonds. The fourth-order valence-electron chi connectivity index (χ4n) is 3.23. The van der Waals surface area contributed by atoms with Gasteiger partial charge in [-0.25, -0.2) is 13.4 Å². The van der Waals surface area contributed by atoms with Crippen molar-refractivity contribution >= 4 is 44.1 Å². The third kappa shape index (κ3) is 7.62. The van der Waals surface area contributed by atoms with Crippen LogP contribution in [0.5, 0.6) is 5.75 Å². The Bertz CT molecular complexity index is 1110. The molecular formula is C21H26N4O6S2. The average molecular weight is 495 g/mol. The number of nitrogens with one attached hydrogen (secondary N) is 2. The highest BCUT2D eigenvalue weighted by Gasteiger charge is 2.19. The number of aromatic nitrogens is 1. The Hall–Kier alpha value is -2.83. The van der Waals surface area contributed by atoms with E-state index in [4.69, 9.17) is 4.74 Å². The lowest BCUT2D eigenvalue weighted by Crippen LogP contribution is -2.33. The van der Waals surface area contributed by atoms with Crippen molar-refractivity contribution in [3.8, 4) is 5.75 Å². The Labute approximate surface area is 196 Å². The summed E-state index contributed by atoms with van der Waals surface area (Å²) in [4.78, 5) is 43.0. The second-order valence-electron chi connectivity index (χ2n) is 7.59. The number of hydrogen-bond donors (Lipinski definition) is 2. The Morgan fingerprint density at radius 2 is 1.88 bits per heavy atom. The van der Waals surface area contributed by atoms with Gasteiger partial charge in [0.25, 0.3) is 5.91 Å². The van der Waals surface area contributed by atoms with Gasteiger partial charge in [0.1, 0.15) is 5.75 Å². The number of ether oxygens (including phenoxy) is 1. The molecule has 2 aromatic rings. The molecule has 12 heteroatoms. The highest BCUT2D eigenvalue weighted by molar-refractivity contribution is 7.90. The number of thiazole rings is 1. The largest absolute Gasteiger partial charge is 0.426 e. The molecule has 1 aromatic carbocycles. The molecule has 0 unspecified atom stereocenters. The number of para-hydroxylation sites is 1. The summed E-state index contributed by atoms with van der Waals surface area (Å²) in [7, 11) is -3.49. The van der Waals surface area contributed by atoms with Crippen LogP contribution < -0.4 is 15.4 Å². The Morgan fingerprint density at radius 1 is 1.15 bits per heavy atom. The molecule has 1 aromatic heterocycles. The zero-order chi connectivity index (χ0) is 23.8. The van der Waals surface area contributed by atoms with Crippen LogP contribution in [0.3, 0.4) is 0 Å². The summed E-state index contributed by atoms with van der Waals surface area (Å²) in [6, 6.07) is 6.14. The molecule has 0 radical (unpaired) electrons. The molecule has 2 heterocycles. The van der Waals surface area contributed by atoms with Crippen molar-refractivity contribution in [2.75, 3.05) is 37.8 Å². The monoisotopic (exact) mass is 494 g/mol. The van der Waals surface area contributed by atoms with Crippen LogP contribution in [0.15, 0.2) is 34.7 Å². The molecule has 1 aliphatic heterocycles. The van der Waals surface area contributed by atoms with Gasteiger partial charge in [0.05, 0.1) is 12.0 Å². The number of rotatable bonds is 10. The number of carbonyl (C=O) groups excluding carboxylic acids is 3. The molecule has 1 aliphatic rings. The minimum absolute atomic E-state index is 0.0133. The fraction of sp³-hybridized carbons (Fsp3) is 0.429. The number of amides is 2. The van der Waals surface area contributed by atoms with Crippen molar-refractivity contribution in [3.63, 3.8) is 0 Å². The first-order valence-corrected chi connectivity index (χ1v) is 13.2. The summed E-state index contributed by atoms with van der Waals surface area (Å²) in [5.41, 5.74) is 0.0806. The van der Waals surface area contributed by atoms with Crippen LogP contribution in [0.4, 0.5) is 5.13 Å². The Kier molecular flexibility index (Phi) is 8.53. The minimum Gasteiger partial charge on any atom is -0.426 e. The van der Waals surface area contributed by atoms with Gasteiger partial charge < -0.3 is 15.0 Å². The number of anilines is 1. The quantitative estimate of drug-likeness (QED) is 0.376. The third-order valence-corrected chi connectivity index (χ3v) is 6.82. The summed E-state index contributed by atoms with van der Waals surface area (Å²) in [6.07, 6.45) is 3.25. The van der Waals surface area contributed by atoms with Gasteiger partial charge in [0, 0.05) is 31.1 Å². The molecule has 0 bridgehead atoms. The first-order chi connectivity index (χ1) is 15.7. The number of hydrogen-bond acceptors (Lipinski definition) is 9. The van der Waals surface area contributed by atoms with Gasteiger partial charge in [-0.15, -0.1) is 11.3 Å². The van der Waals surface area contributed by atoms with E-state index in [2.05, 4.69) is 20.5 Å². The van der Waals surface area contributed by atoms with Crippen molar-refractivity contribution < 1.29 is 27.5 Å². The lowest BCUT2D eigenvalue weighted by atomic mass is 10.2. The van der Waals surface area contributed by atoms with Crippen molar-refractivity contribution in [2.24, 2.45) is 0 Å². The molecule has 1 fully saturated rings. The number of carbonyl (C=O) groups is 3. The van der Waals surface area contributed by atoms with Gasteiger partial charge in [-0.2, -0.15) is 0 Å². The van der Waals surface area contributed by atoms with Crippen LogP contribution in [-0.2, 0) is 19.4 Å². The molecule has 2 N–H and O–H groups in total. The highest BCUT2D eigenvalue weighted by Crippen LogP contribution is 2.23. The van der Waals surface area contributed by atoms with Gasteiger partial charge in [-0.05, 0) is 38.1 Å². The van der Waals surface area contributed by atoms with Gasteiger partial charge in [-0.1, -0.05) is 12.1 Å². The molecule has 0 aliphatic carbocycles. The van der Waals surface area contributed by atoms with E-state index in [1.165, 1.54) is 30.4 Å². The first-order valence-electron chi connectivity index (χ1n) is 10.5. The fourth-order valence-corrected chi connectivity index (χ4v) is 4.96. The van der Waals surface area contributed by atoms with Crippen molar-refractivity contribution in [1.29, 1.82) is 0 Å². The molecule has 10 nitrogen and oxygen atoms in total. The highest BCUT2D eigenvalue weighted by atomic mass is 32.2. The molecule has 33 heavy (non-hydrogen) atoms. The van der Waals surface area contributed by atoms with Gasteiger partial charge in [0.2, 0.25) is 5.91 Å². The van der Waals surface area contributed by atoms with E-state index in [-0.39, 0.29) is 40.2 Å². The number of nitrogens with zero attached hydrogens (tertiary/aromatic N) is 2. The summed E-state index contributed by atoms with van der Waals surface area (Å²) in [5, 5.41) is 6.60. The van der Waals surface area contributed by atoms with Crippen molar-refractivity contribution in [3.05, 3.63) is 35.2 Å². The maximum atomic E-state index is 12.6. The number of esters is 1. The molecule has 3 rings (SSSR count). The lowest BCUT2D eigenvalue weighted by Gasteiger charge is -2.14.